The van der Waals surface area contributed by atoms with Crippen LogP contribution in [0.3, 0.4) is 0 Å². The molecule has 0 atom stereocenters. The maximum Gasteiger partial charge on any atom is 0.233 e. The Kier molecular flexibility index (Phi) is 5.80. The molecular weight excluding hydrogens is 420 g/mol. The summed E-state index contributed by atoms with van der Waals surface area (Å²) in [7, 11) is 0. The predicted molar refractivity (Wildman–Crippen MR) is 127 cm³/mol. The van der Waals surface area contributed by atoms with Gasteiger partial charge >= 0.3 is 0 Å². The Labute approximate surface area is 191 Å². The average Bonchev–Trinajstić information content (AvgIpc) is 3.20. The van der Waals surface area contributed by atoms with Crippen LogP contribution in [-0.2, 0) is 11.3 Å². The van der Waals surface area contributed by atoms with Crippen LogP contribution >= 0.6 is 11.8 Å². The van der Waals surface area contributed by atoms with E-state index in [4.69, 9.17) is 4.98 Å². The summed E-state index contributed by atoms with van der Waals surface area (Å²) in [5.74, 6) is 1.18. The highest BCUT2D eigenvalue weighted by Crippen LogP contribution is 2.24. The Hall–Kier alpha value is -2.97. The average molecular weight is 447 g/mol. The van der Waals surface area contributed by atoms with E-state index in [1.165, 1.54) is 22.9 Å². The number of carbonyl (C=O) groups excluding carboxylic acids is 1. The fourth-order valence-corrected chi connectivity index (χ4v) is 5.02. The minimum Gasteiger partial charge on any atom is -0.339 e. The number of piperazine rings is 1. The Morgan fingerprint density at radius 1 is 1.00 bits per heavy atom. The summed E-state index contributed by atoms with van der Waals surface area (Å²) in [5, 5.41) is 6.17. The zero-order chi connectivity index (χ0) is 22.1. The van der Waals surface area contributed by atoms with Crippen LogP contribution in [0.25, 0.3) is 16.6 Å². The van der Waals surface area contributed by atoms with Gasteiger partial charge in [-0.25, -0.2) is 9.97 Å². The van der Waals surface area contributed by atoms with E-state index in [-0.39, 0.29) is 5.91 Å². The van der Waals surface area contributed by atoms with Crippen LogP contribution in [0.1, 0.15) is 17.0 Å². The Morgan fingerprint density at radius 3 is 2.62 bits per heavy atom. The van der Waals surface area contributed by atoms with Crippen molar-refractivity contribution in [3.05, 3.63) is 65.5 Å². The van der Waals surface area contributed by atoms with Gasteiger partial charge in [0.25, 0.3) is 0 Å². The fraction of sp³-hybridized carbons (Fsp3) is 0.333. The molecule has 0 spiro atoms. The third-order valence-electron chi connectivity index (χ3n) is 5.79. The second-order valence-corrected chi connectivity index (χ2v) is 9.18. The number of aromatic nitrogens is 4. The number of amides is 1. The van der Waals surface area contributed by atoms with Crippen LogP contribution in [0, 0.1) is 13.8 Å². The van der Waals surface area contributed by atoms with Crippen LogP contribution in [0.2, 0.25) is 0 Å². The van der Waals surface area contributed by atoms with Gasteiger partial charge in [0.05, 0.1) is 11.3 Å². The lowest BCUT2D eigenvalue weighted by Crippen LogP contribution is -2.48. The zero-order valence-electron chi connectivity index (χ0n) is 18.4. The number of fused-ring (bicyclic) bond motifs is 3. The maximum atomic E-state index is 12.9. The standard InChI is InChI=1S/C24H26N6OS/c1-17-6-5-7-19(14-17)15-28-10-12-29(13-11-28)22(31)16-32-24-26-21-9-4-3-8-20(21)23-25-18(2)27-30(23)24/h3-9,14H,10-13,15-16H2,1-2H3. The van der Waals surface area contributed by atoms with Crippen molar-refractivity contribution in [2.45, 2.75) is 25.5 Å². The van der Waals surface area contributed by atoms with Crippen LogP contribution in [0.5, 0.6) is 0 Å². The van der Waals surface area contributed by atoms with Crippen molar-refractivity contribution in [3.8, 4) is 0 Å². The van der Waals surface area contributed by atoms with Gasteiger partial charge in [0, 0.05) is 38.1 Å². The van der Waals surface area contributed by atoms with Gasteiger partial charge in [-0.05, 0) is 31.5 Å². The topological polar surface area (TPSA) is 66.6 Å². The SMILES string of the molecule is Cc1cccc(CN2CCN(C(=O)CSc3nc4ccccc4c4nc(C)nn34)CC2)c1. The van der Waals surface area contributed by atoms with Crippen molar-refractivity contribution in [2.75, 3.05) is 31.9 Å². The number of hydrogen-bond donors (Lipinski definition) is 0. The summed E-state index contributed by atoms with van der Waals surface area (Å²) in [6, 6.07) is 16.5. The highest BCUT2D eigenvalue weighted by molar-refractivity contribution is 7.99. The van der Waals surface area contributed by atoms with E-state index in [2.05, 4.69) is 46.2 Å². The second kappa shape index (κ2) is 8.88. The first-order valence-electron chi connectivity index (χ1n) is 10.9. The third-order valence-corrected chi connectivity index (χ3v) is 6.71. The van der Waals surface area contributed by atoms with Crippen molar-refractivity contribution in [3.63, 3.8) is 0 Å². The largest absolute Gasteiger partial charge is 0.339 e. The number of thioether (sulfide) groups is 1. The molecule has 1 aliphatic rings. The number of benzene rings is 2. The summed E-state index contributed by atoms with van der Waals surface area (Å²) in [6.45, 7) is 8.23. The van der Waals surface area contributed by atoms with Gasteiger partial charge in [-0.1, -0.05) is 53.7 Å². The normalized spacial score (nSPS) is 15.0. The first-order chi connectivity index (χ1) is 15.6. The third kappa shape index (κ3) is 4.33. The highest BCUT2D eigenvalue weighted by atomic mass is 32.2. The van der Waals surface area contributed by atoms with Crippen molar-refractivity contribution in [1.29, 1.82) is 0 Å². The smallest absolute Gasteiger partial charge is 0.233 e. The molecule has 1 fully saturated rings. The first kappa shape index (κ1) is 20.9. The molecule has 4 aromatic rings. The van der Waals surface area contributed by atoms with Crippen LogP contribution in [-0.4, -0.2) is 67.2 Å². The molecule has 0 aliphatic carbocycles. The summed E-state index contributed by atoms with van der Waals surface area (Å²) >= 11 is 1.43. The predicted octanol–water partition coefficient (Wildman–Crippen LogP) is 3.33. The van der Waals surface area contributed by atoms with Gasteiger partial charge in [0.2, 0.25) is 5.91 Å². The Bertz CT molecular complexity index is 1280. The number of rotatable bonds is 5. The summed E-state index contributed by atoms with van der Waals surface area (Å²) < 4.78 is 1.76. The minimum absolute atomic E-state index is 0.144. The van der Waals surface area contributed by atoms with Gasteiger partial charge in [-0.3, -0.25) is 9.69 Å². The first-order valence-corrected chi connectivity index (χ1v) is 11.9. The Balaban J connectivity index is 1.22. The van der Waals surface area contributed by atoms with E-state index in [1.54, 1.807) is 4.52 Å². The van der Waals surface area contributed by atoms with Crippen LogP contribution in [0.4, 0.5) is 0 Å². The molecule has 164 valence electrons. The van der Waals surface area contributed by atoms with Crippen LogP contribution in [0.15, 0.2) is 53.7 Å². The van der Waals surface area contributed by atoms with Gasteiger partial charge in [0.15, 0.2) is 10.8 Å². The summed E-state index contributed by atoms with van der Waals surface area (Å²) in [6.07, 6.45) is 0. The van der Waals surface area contributed by atoms with Crippen molar-refractivity contribution in [1.82, 2.24) is 29.4 Å². The molecule has 0 radical (unpaired) electrons. The number of nitrogens with zero attached hydrogens (tertiary/aromatic N) is 6. The minimum atomic E-state index is 0.144. The molecule has 32 heavy (non-hydrogen) atoms. The fourth-order valence-electron chi connectivity index (χ4n) is 4.17. The molecule has 0 saturated carbocycles. The number of para-hydroxylation sites is 1. The van der Waals surface area contributed by atoms with Crippen molar-refractivity contribution >= 4 is 34.2 Å². The van der Waals surface area contributed by atoms with Crippen LogP contribution < -0.4 is 0 Å². The van der Waals surface area contributed by atoms with Gasteiger partial charge < -0.3 is 4.90 Å². The van der Waals surface area contributed by atoms with Crippen molar-refractivity contribution < 1.29 is 4.79 Å². The number of hydrogen-bond acceptors (Lipinski definition) is 6. The van der Waals surface area contributed by atoms with Gasteiger partial charge in [-0.2, -0.15) is 4.52 Å². The molecule has 3 heterocycles. The summed E-state index contributed by atoms with van der Waals surface area (Å²) in [5.41, 5.74) is 4.27. The molecule has 0 unspecified atom stereocenters. The van der Waals surface area contributed by atoms with Crippen molar-refractivity contribution in [2.24, 2.45) is 0 Å². The molecule has 7 nitrogen and oxygen atoms in total. The van der Waals surface area contributed by atoms with E-state index in [0.717, 1.165) is 49.3 Å². The number of carbonyl (C=O) groups is 1. The lowest BCUT2D eigenvalue weighted by Gasteiger charge is -2.34. The molecule has 1 saturated heterocycles. The van der Waals surface area contributed by atoms with E-state index in [9.17, 15) is 4.79 Å². The molecule has 0 N–H and O–H groups in total. The molecule has 8 heteroatoms. The van der Waals surface area contributed by atoms with Gasteiger partial charge in [-0.15, -0.1) is 5.10 Å². The van der Waals surface area contributed by atoms with Gasteiger partial charge in [0.1, 0.15) is 5.82 Å². The monoisotopic (exact) mass is 446 g/mol. The maximum absolute atomic E-state index is 12.9. The summed E-state index contributed by atoms with van der Waals surface area (Å²) in [4.78, 5) is 26.6. The molecular formula is C24H26N6OS. The van der Waals surface area contributed by atoms with E-state index >= 15 is 0 Å². The highest BCUT2D eigenvalue weighted by Gasteiger charge is 2.22. The lowest BCUT2D eigenvalue weighted by molar-refractivity contribution is -0.130. The lowest BCUT2D eigenvalue weighted by atomic mass is 10.1. The molecule has 5 rings (SSSR count). The molecule has 2 aromatic heterocycles. The van der Waals surface area contributed by atoms with E-state index in [0.29, 0.717) is 16.7 Å². The van der Waals surface area contributed by atoms with E-state index in [1.807, 2.05) is 36.1 Å². The zero-order valence-corrected chi connectivity index (χ0v) is 19.2. The molecule has 0 bridgehead atoms. The number of aryl methyl sites for hydroxylation is 2. The molecule has 1 aliphatic heterocycles. The quantitative estimate of drug-likeness (QED) is 0.346. The Morgan fingerprint density at radius 2 is 1.81 bits per heavy atom. The van der Waals surface area contributed by atoms with E-state index < -0.39 is 0 Å². The molecule has 1 amide bonds. The second-order valence-electron chi connectivity index (χ2n) is 8.24. The molecule has 2 aromatic carbocycles.